The van der Waals surface area contributed by atoms with Crippen molar-refractivity contribution in [1.82, 2.24) is 9.99 Å². The summed E-state index contributed by atoms with van der Waals surface area (Å²) in [6, 6.07) is 22.8. The van der Waals surface area contributed by atoms with Gasteiger partial charge in [0.25, 0.3) is 5.91 Å². The van der Waals surface area contributed by atoms with Crippen molar-refractivity contribution in [3.63, 3.8) is 0 Å². The molecule has 3 aromatic carbocycles. The molecular weight excluding hydrogens is 442 g/mol. The summed E-state index contributed by atoms with van der Waals surface area (Å²) in [5.74, 6) is -0.0621. The fourth-order valence-electron chi connectivity index (χ4n) is 3.97. The highest BCUT2D eigenvalue weighted by Gasteiger charge is 2.13. The Labute approximate surface area is 204 Å². The van der Waals surface area contributed by atoms with Gasteiger partial charge < -0.3 is 14.0 Å². The van der Waals surface area contributed by atoms with Gasteiger partial charge in [0.1, 0.15) is 5.75 Å². The number of carbonyl (C=O) groups is 2. The van der Waals surface area contributed by atoms with E-state index in [-0.39, 0.29) is 18.5 Å². The zero-order valence-corrected chi connectivity index (χ0v) is 19.9. The molecule has 0 aliphatic carbocycles. The van der Waals surface area contributed by atoms with Crippen molar-refractivity contribution in [2.75, 3.05) is 13.2 Å². The minimum atomic E-state index is -0.356. The Morgan fingerprint density at radius 3 is 2.60 bits per heavy atom. The molecule has 178 valence electrons. The van der Waals surface area contributed by atoms with Gasteiger partial charge >= 0.3 is 5.97 Å². The molecule has 0 spiro atoms. The van der Waals surface area contributed by atoms with Gasteiger partial charge in [0.15, 0.2) is 6.61 Å². The zero-order chi connectivity index (χ0) is 24.8. The van der Waals surface area contributed by atoms with E-state index in [0.29, 0.717) is 17.9 Å². The molecule has 4 aromatic rings. The van der Waals surface area contributed by atoms with Crippen LogP contribution in [0.25, 0.3) is 16.5 Å². The normalized spacial score (nSPS) is 11.1. The molecule has 1 heterocycles. The molecule has 0 bridgehead atoms. The van der Waals surface area contributed by atoms with Crippen molar-refractivity contribution >= 4 is 28.9 Å². The fourth-order valence-corrected chi connectivity index (χ4v) is 3.97. The number of ether oxygens (including phenoxy) is 2. The third-order valence-corrected chi connectivity index (χ3v) is 5.59. The summed E-state index contributed by atoms with van der Waals surface area (Å²) in [6.07, 6.45) is 1.60. The number of carbonyl (C=O) groups excluding carboxylic acids is 2. The van der Waals surface area contributed by atoms with E-state index in [1.807, 2.05) is 79.1 Å². The van der Waals surface area contributed by atoms with Gasteiger partial charge in [-0.05, 0) is 56.5 Å². The second kappa shape index (κ2) is 10.7. The van der Waals surface area contributed by atoms with Crippen LogP contribution in [0.15, 0.2) is 77.9 Å². The standard InChI is InChI=1S/C28H27N3O4/c1-4-34-28(33)22-11-7-12-24(16-22)31-19(2)15-23(20(31)3)17-29-30-27(32)18-35-26-14-8-10-21-9-5-6-13-25(21)26/h5-17H,4,18H2,1-3H3,(H,30,32)/b29-17+. The van der Waals surface area contributed by atoms with Gasteiger partial charge in [-0.3, -0.25) is 4.79 Å². The van der Waals surface area contributed by atoms with E-state index in [4.69, 9.17) is 9.47 Å². The van der Waals surface area contributed by atoms with Crippen LogP contribution in [0.5, 0.6) is 5.75 Å². The van der Waals surface area contributed by atoms with E-state index in [9.17, 15) is 9.59 Å². The number of hydrogen-bond donors (Lipinski definition) is 1. The van der Waals surface area contributed by atoms with Gasteiger partial charge in [0.2, 0.25) is 0 Å². The number of amides is 1. The number of rotatable bonds is 8. The molecule has 1 aromatic heterocycles. The SMILES string of the molecule is CCOC(=O)c1cccc(-n2c(C)cc(/C=N/NC(=O)COc3cccc4ccccc34)c2C)c1. The zero-order valence-electron chi connectivity index (χ0n) is 19.9. The summed E-state index contributed by atoms with van der Waals surface area (Å²) >= 11 is 0. The lowest BCUT2D eigenvalue weighted by Gasteiger charge is -2.11. The Hall–Kier alpha value is -4.39. The maximum absolute atomic E-state index is 12.3. The molecule has 1 amide bonds. The molecule has 0 unspecified atom stereocenters. The third-order valence-electron chi connectivity index (χ3n) is 5.59. The quantitative estimate of drug-likeness (QED) is 0.225. The number of aromatic nitrogens is 1. The lowest BCUT2D eigenvalue weighted by atomic mass is 10.1. The lowest BCUT2D eigenvalue weighted by Crippen LogP contribution is -2.24. The van der Waals surface area contributed by atoms with E-state index < -0.39 is 0 Å². The minimum Gasteiger partial charge on any atom is -0.483 e. The van der Waals surface area contributed by atoms with Crippen LogP contribution in [0.4, 0.5) is 0 Å². The van der Waals surface area contributed by atoms with Crippen LogP contribution in [0.1, 0.15) is 34.2 Å². The van der Waals surface area contributed by atoms with E-state index in [2.05, 4.69) is 10.5 Å². The van der Waals surface area contributed by atoms with Crippen molar-refractivity contribution in [3.05, 3.63) is 95.3 Å². The number of hydrazone groups is 1. The highest BCUT2D eigenvalue weighted by molar-refractivity contribution is 5.90. The van der Waals surface area contributed by atoms with E-state index in [0.717, 1.165) is 33.4 Å². The average Bonchev–Trinajstić information content (AvgIpc) is 3.15. The Bertz CT molecular complexity index is 1400. The topological polar surface area (TPSA) is 81.9 Å². The van der Waals surface area contributed by atoms with Gasteiger partial charge in [-0.2, -0.15) is 5.10 Å². The predicted molar refractivity (Wildman–Crippen MR) is 136 cm³/mol. The fraction of sp³-hybridized carbons (Fsp3) is 0.179. The molecule has 0 aliphatic heterocycles. The third kappa shape index (κ3) is 5.41. The number of esters is 1. The number of nitrogens with zero attached hydrogens (tertiary/aromatic N) is 2. The summed E-state index contributed by atoms with van der Waals surface area (Å²) in [5.41, 5.74) is 6.59. The molecule has 0 atom stereocenters. The van der Waals surface area contributed by atoms with Crippen molar-refractivity contribution in [2.45, 2.75) is 20.8 Å². The van der Waals surface area contributed by atoms with E-state index >= 15 is 0 Å². The Kier molecular flexibility index (Phi) is 7.26. The maximum atomic E-state index is 12.3. The summed E-state index contributed by atoms with van der Waals surface area (Å²) < 4.78 is 12.8. The van der Waals surface area contributed by atoms with E-state index in [1.54, 1.807) is 25.3 Å². The predicted octanol–water partition coefficient (Wildman–Crippen LogP) is 4.95. The molecule has 0 radical (unpaired) electrons. The Morgan fingerprint density at radius 1 is 1.00 bits per heavy atom. The number of aryl methyl sites for hydroxylation is 1. The van der Waals surface area contributed by atoms with Crippen LogP contribution in [-0.4, -0.2) is 35.9 Å². The summed E-state index contributed by atoms with van der Waals surface area (Å²) in [4.78, 5) is 24.4. The number of hydrogen-bond acceptors (Lipinski definition) is 5. The highest BCUT2D eigenvalue weighted by Crippen LogP contribution is 2.25. The number of benzene rings is 3. The molecule has 35 heavy (non-hydrogen) atoms. The second-order valence-corrected chi connectivity index (χ2v) is 7.99. The molecule has 0 saturated heterocycles. The Morgan fingerprint density at radius 2 is 1.77 bits per heavy atom. The maximum Gasteiger partial charge on any atom is 0.338 e. The van der Waals surface area contributed by atoms with Crippen molar-refractivity contribution in [2.24, 2.45) is 5.10 Å². The number of fused-ring (bicyclic) bond motifs is 1. The first kappa shape index (κ1) is 23.8. The molecule has 0 fully saturated rings. The molecular formula is C28H27N3O4. The lowest BCUT2D eigenvalue weighted by molar-refractivity contribution is -0.123. The van der Waals surface area contributed by atoms with Crippen LogP contribution < -0.4 is 10.2 Å². The monoisotopic (exact) mass is 469 g/mol. The smallest absolute Gasteiger partial charge is 0.338 e. The van der Waals surface area contributed by atoms with Crippen LogP contribution in [0, 0.1) is 13.8 Å². The summed E-state index contributed by atoms with van der Waals surface area (Å²) in [6.45, 7) is 5.88. The van der Waals surface area contributed by atoms with Gasteiger partial charge in [0, 0.05) is 28.0 Å². The van der Waals surface area contributed by atoms with Gasteiger partial charge in [-0.1, -0.05) is 42.5 Å². The molecule has 7 heteroatoms. The summed E-state index contributed by atoms with van der Waals surface area (Å²) in [7, 11) is 0. The van der Waals surface area contributed by atoms with Crippen molar-refractivity contribution in [1.29, 1.82) is 0 Å². The van der Waals surface area contributed by atoms with Crippen molar-refractivity contribution in [3.8, 4) is 11.4 Å². The van der Waals surface area contributed by atoms with Crippen LogP contribution in [0.2, 0.25) is 0 Å². The van der Waals surface area contributed by atoms with E-state index in [1.165, 1.54) is 0 Å². The first-order valence-corrected chi connectivity index (χ1v) is 11.4. The number of nitrogens with one attached hydrogen (secondary N) is 1. The van der Waals surface area contributed by atoms with Crippen LogP contribution in [0.3, 0.4) is 0 Å². The molecule has 7 nitrogen and oxygen atoms in total. The second-order valence-electron chi connectivity index (χ2n) is 7.99. The Balaban J connectivity index is 1.42. The molecule has 0 saturated carbocycles. The first-order valence-electron chi connectivity index (χ1n) is 11.4. The average molecular weight is 470 g/mol. The van der Waals surface area contributed by atoms with Gasteiger partial charge in [-0.25, -0.2) is 10.2 Å². The highest BCUT2D eigenvalue weighted by atomic mass is 16.5. The molecule has 1 N–H and O–H groups in total. The van der Waals surface area contributed by atoms with Gasteiger partial charge in [-0.15, -0.1) is 0 Å². The minimum absolute atomic E-state index is 0.148. The van der Waals surface area contributed by atoms with Crippen LogP contribution >= 0.6 is 0 Å². The summed E-state index contributed by atoms with van der Waals surface area (Å²) in [5, 5.41) is 6.10. The first-order chi connectivity index (χ1) is 17.0. The molecule has 4 rings (SSSR count). The van der Waals surface area contributed by atoms with Gasteiger partial charge in [0.05, 0.1) is 18.4 Å². The molecule has 0 aliphatic rings. The van der Waals surface area contributed by atoms with Crippen molar-refractivity contribution < 1.29 is 19.1 Å². The van der Waals surface area contributed by atoms with Crippen LogP contribution in [-0.2, 0) is 9.53 Å². The largest absolute Gasteiger partial charge is 0.483 e.